The summed E-state index contributed by atoms with van der Waals surface area (Å²) in [5, 5.41) is 7.78. The van der Waals surface area contributed by atoms with Crippen LogP contribution >= 0.6 is 23.6 Å². The number of nitrogens with one attached hydrogen (secondary N) is 2. The van der Waals surface area contributed by atoms with Gasteiger partial charge in [-0.05, 0) is 66.8 Å². The van der Waals surface area contributed by atoms with Gasteiger partial charge < -0.3 is 25.0 Å². The van der Waals surface area contributed by atoms with Crippen LogP contribution in [0.2, 0.25) is 0 Å². The predicted molar refractivity (Wildman–Crippen MR) is 160 cm³/mol. The minimum Gasteiger partial charge on any atom is -0.495 e. The lowest BCUT2D eigenvalue weighted by Crippen LogP contribution is -2.30. The Labute approximate surface area is 240 Å². The molecule has 0 radical (unpaired) electrons. The second-order valence-corrected chi connectivity index (χ2v) is 10.5. The zero-order valence-electron chi connectivity index (χ0n) is 21.8. The molecule has 1 fully saturated rings. The van der Waals surface area contributed by atoms with Crippen LogP contribution in [0.25, 0.3) is 15.3 Å². The molecule has 1 aliphatic heterocycles. The molecule has 40 heavy (non-hydrogen) atoms. The van der Waals surface area contributed by atoms with E-state index in [4.69, 9.17) is 26.7 Å². The Morgan fingerprint density at radius 1 is 1.10 bits per heavy atom. The van der Waals surface area contributed by atoms with E-state index in [2.05, 4.69) is 37.2 Å². The molecule has 5 aromatic rings. The number of fused-ring (bicyclic) bond motifs is 1. The van der Waals surface area contributed by atoms with Gasteiger partial charge in [0.2, 0.25) is 5.91 Å². The number of carbonyl (C=O) groups is 1. The number of rotatable bonds is 8. The van der Waals surface area contributed by atoms with Gasteiger partial charge in [0.1, 0.15) is 18.4 Å². The number of para-hydroxylation sites is 1. The molecule has 0 aliphatic carbocycles. The summed E-state index contributed by atoms with van der Waals surface area (Å²) >= 11 is 7.55. The van der Waals surface area contributed by atoms with Gasteiger partial charge in [0, 0.05) is 25.2 Å². The largest absolute Gasteiger partial charge is 0.495 e. The molecule has 6 rings (SSSR count). The van der Waals surface area contributed by atoms with Crippen LogP contribution in [0.5, 0.6) is 5.75 Å². The van der Waals surface area contributed by atoms with Crippen molar-refractivity contribution in [2.45, 2.75) is 12.1 Å². The van der Waals surface area contributed by atoms with Crippen LogP contribution in [0.1, 0.15) is 23.5 Å². The minimum absolute atomic E-state index is 0.0723. The molecule has 0 bridgehead atoms. The molecule has 3 aromatic heterocycles. The Morgan fingerprint density at radius 3 is 2.73 bits per heavy atom. The number of pyridine rings is 1. The quantitative estimate of drug-likeness (QED) is 0.244. The van der Waals surface area contributed by atoms with E-state index >= 15 is 0 Å². The van der Waals surface area contributed by atoms with E-state index in [-0.39, 0.29) is 24.6 Å². The molecule has 0 unspecified atom stereocenters. The normalized spacial score (nSPS) is 16.8. The maximum Gasteiger partial charge on any atom is 0.250 e. The molecular weight excluding hydrogens is 544 g/mol. The molecular formula is C29H26N6O3S2. The zero-order chi connectivity index (χ0) is 27.6. The summed E-state index contributed by atoms with van der Waals surface area (Å²) in [5.74, 6) is 0.245. The Balaban J connectivity index is 1.47. The Bertz CT molecular complexity index is 1650. The summed E-state index contributed by atoms with van der Waals surface area (Å²) in [5.41, 5.74) is 4.10. The fraction of sp³-hybridized carbons (Fsp3) is 0.172. The van der Waals surface area contributed by atoms with E-state index in [1.54, 1.807) is 24.6 Å². The van der Waals surface area contributed by atoms with Crippen molar-refractivity contribution in [2.75, 3.05) is 31.0 Å². The number of thiocarbonyl (C=S) groups is 1. The maximum absolute atomic E-state index is 12.4. The average molecular weight is 571 g/mol. The van der Waals surface area contributed by atoms with E-state index < -0.39 is 0 Å². The van der Waals surface area contributed by atoms with Crippen LogP contribution < -0.4 is 20.3 Å². The van der Waals surface area contributed by atoms with Crippen molar-refractivity contribution in [3.8, 4) is 10.9 Å². The number of hydrogen-bond donors (Lipinski definition) is 2. The Morgan fingerprint density at radius 2 is 1.95 bits per heavy atom. The summed E-state index contributed by atoms with van der Waals surface area (Å²) in [7, 11) is 3.04. The van der Waals surface area contributed by atoms with Gasteiger partial charge >= 0.3 is 0 Å². The Kier molecular flexibility index (Phi) is 7.16. The molecule has 1 amide bonds. The first-order valence-corrected chi connectivity index (χ1v) is 13.8. The van der Waals surface area contributed by atoms with Gasteiger partial charge in [-0.1, -0.05) is 29.5 Å². The summed E-state index contributed by atoms with van der Waals surface area (Å²) < 4.78 is 13.7. The molecule has 11 heteroatoms. The molecule has 2 atom stereocenters. The fourth-order valence-corrected chi connectivity index (χ4v) is 6.28. The van der Waals surface area contributed by atoms with E-state index in [0.29, 0.717) is 16.5 Å². The number of carbonyl (C=O) groups excluding carboxylic acids is 1. The molecule has 0 spiro atoms. The molecule has 4 heterocycles. The highest BCUT2D eigenvalue weighted by atomic mass is 32.1. The smallest absolute Gasteiger partial charge is 0.250 e. The van der Waals surface area contributed by atoms with Crippen LogP contribution in [-0.4, -0.2) is 46.4 Å². The van der Waals surface area contributed by atoms with E-state index in [0.717, 1.165) is 32.4 Å². The highest BCUT2D eigenvalue weighted by Crippen LogP contribution is 2.44. The first-order valence-electron chi connectivity index (χ1n) is 12.6. The number of nitrogens with zero attached hydrogens (tertiary/aromatic N) is 4. The number of hydrogen-bond acceptors (Lipinski definition) is 7. The van der Waals surface area contributed by atoms with E-state index in [1.165, 1.54) is 7.11 Å². The monoisotopic (exact) mass is 570 g/mol. The van der Waals surface area contributed by atoms with Gasteiger partial charge in [-0.2, -0.15) is 0 Å². The number of methoxy groups -OCH3 is 2. The highest BCUT2D eigenvalue weighted by Gasteiger charge is 2.42. The summed E-state index contributed by atoms with van der Waals surface area (Å²) in [6, 6.07) is 23.1. The number of ether oxygens (including phenoxy) is 2. The second-order valence-electron chi connectivity index (χ2n) is 9.13. The Hall–Kier alpha value is -4.32. The lowest BCUT2D eigenvalue weighted by atomic mass is 10.0. The van der Waals surface area contributed by atoms with Gasteiger partial charge in [-0.15, -0.1) is 0 Å². The van der Waals surface area contributed by atoms with Gasteiger partial charge in [0.05, 0.1) is 40.4 Å². The van der Waals surface area contributed by atoms with Crippen LogP contribution in [0, 0.1) is 0 Å². The third kappa shape index (κ3) is 4.79. The van der Waals surface area contributed by atoms with Gasteiger partial charge in [0.15, 0.2) is 10.2 Å². The van der Waals surface area contributed by atoms with Crippen LogP contribution in [-0.2, 0) is 9.53 Å². The number of anilines is 2. The maximum atomic E-state index is 12.4. The molecule has 2 aromatic carbocycles. The van der Waals surface area contributed by atoms with Crippen molar-refractivity contribution in [2.24, 2.45) is 0 Å². The third-order valence-electron chi connectivity index (χ3n) is 6.68. The molecule has 202 valence electrons. The fourth-order valence-electron chi connectivity index (χ4n) is 4.97. The van der Waals surface area contributed by atoms with Crippen molar-refractivity contribution < 1.29 is 14.3 Å². The summed E-state index contributed by atoms with van der Waals surface area (Å²) in [6.07, 6.45) is 3.80. The average Bonchev–Trinajstić information content (AvgIpc) is 3.70. The molecule has 1 aliphatic rings. The van der Waals surface area contributed by atoms with Crippen LogP contribution in [0.15, 0.2) is 85.2 Å². The van der Waals surface area contributed by atoms with Crippen molar-refractivity contribution in [3.05, 3.63) is 96.6 Å². The zero-order valence-corrected chi connectivity index (χ0v) is 23.4. The molecule has 2 N–H and O–H groups in total. The van der Waals surface area contributed by atoms with Crippen LogP contribution in [0.3, 0.4) is 0 Å². The first-order chi connectivity index (χ1) is 19.6. The van der Waals surface area contributed by atoms with Crippen molar-refractivity contribution in [1.29, 1.82) is 0 Å². The molecule has 9 nitrogen and oxygen atoms in total. The minimum atomic E-state index is -0.285. The molecule has 0 saturated carbocycles. The van der Waals surface area contributed by atoms with Crippen molar-refractivity contribution in [3.63, 3.8) is 0 Å². The van der Waals surface area contributed by atoms with Crippen molar-refractivity contribution in [1.82, 2.24) is 19.9 Å². The lowest BCUT2D eigenvalue weighted by Gasteiger charge is -2.29. The topological polar surface area (TPSA) is 93.5 Å². The second kappa shape index (κ2) is 11.0. The van der Waals surface area contributed by atoms with E-state index in [9.17, 15) is 4.79 Å². The highest BCUT2D eigenvalue weighted by molar-refractivity contribution is 7.80. The number of aromatic nitrogens is 3. The summed E-state index contributed by atoms with van der Waals surface area (Å²) in [6.45, 7) is -0.0723. The van der Waals surface area contributed by atoms with E-state index in [1.807, 2.05) is 66.9 Å². The SMILES string of the molecule is COCC(=O)Nc1cc(N2C(=S)N[C@H](c3ccccn3)[C@@H]2c2cccn2-c2nc3ccccc3s2)ccc1OC. The van der Waals surface area contributed by atoms with Gasteiger partial charge in [-0.3, -0.25) is 14.3 Å². The standard InChI is InChI=1S/C29H26N6O3S2/c1-37-17-25(36)31-21-16-18(12-13-23(21)38-2)35-27(26(33-28(35)39)20-9-5-6-14-30-20)22-10-7-15-34(22)29-32-19-8-3-4-11-24(19)40-29/h3-16,26-27H,17H2,1-2H3,(H,31,36)(H,33,39)/t26-,27+/m1/s1. The van der Waals surface area contributed by atoms with Crippen LogP contribution in [0.4, 0.5) is 11.4 Å². The number of thiazole rings is 1. The summed E-state index contributed by atoms with van der Waals surface area (Å²) in [4.78, 5) is 24.0. The predicted octanol–water partition coefficient (Wildman–Crippen LogP) is 5.25. The third-order valence-corrected chi connectivity index (χ3v) is 8.03. The first kappa shape index (κ1) is 25.9. The van der Waals surface area contributed by atoms with Crippen molar-refractivity contribution >= 4 is 56.2 Å². The number of amides is 1. The van der Waals surface area contributed by atoms with Gasteiger partial charge in [0.25, 0.3) is 0 Å². The number of benzene rings is 2. The lowest BCUT2D eigenvalue weighted by molar-refractivity contribution is -0.119. The van der Waals surface area contributed by atoms with Gasteiger partial charge in [-0.25, -0.2) is 4.98 Å². The molecule has 1 saturated heterocycles.